The molecule has 7 N–H and O–H groups in total. The number of thiol groups is 1. The Kier molecular flexibility index (Phi) is 12.9. The summed E-state index contributed by atoms with van der Waals surface area (Å²) in [6, 6.07) is -3.49. The Morgan fingerprint density at radius 3 is 2.42 bits per heavy atom. The number of carbonyl (C=O) groups excluding carboxylic acids is 3. The molecular weight excluding hydrogens is 442 g/mol. The molecule has 178 valence electrons. The molecule has 1 saturated heterocycles. The van der Waals surface area contributed by atoms with Gasteiger partial charge in [0.15, 0.2) is 0 Å². The lowest BCUT2D eigenvalue weighted by atomic mass is 10.1. The highest BCUT2D eigenvalue weighted by atomic mass is 32.2. The van der Waals surface area contributed by atoms with Crippen LogP contribution in [0.2, 0.25) is 0 Å². The van der Waals surface area contributed by atoms with Crippen LogP contribution in [0.3, 0.4) is 0 Å². The average Bonchev–Trinajstić information content (AvgIpc) is 3.24. The number of thioether (sulfide) groups is 1. The molecule has 0 aromatic heterocycles. The lowest BCUT2D eigenvalue weighted by Gasteiger charge is -2.28. The summed E-state index contributed by atoms with van der Waals surface area (Å²) < 4.78 is 0. The molecule has 10 nitrogen and oxygen atoms in total. The molecule has 1 aliphatic rings. The first kappa shape index (κ1) is 27.5. The number of carboxylic acids is 1. The van der Waals surface area contributed by atoms with Crippen molar-refractivity contribution < 1.29 is 24.3 Å². The number of nitrogens with one attached hydrogen (secondary N) is 2. The van der Waals surface area contributed by atoms with Gasteiger partial charge in [-0.1, -0.05) is 6.42 Å². The first-order valence-electron chi connectivity index (χ1n) is 10.5. The minimum atomic E-state index is -1.07. The number of hydrogen-bond acceptors (Lipinski definition) is 8. The smallest absolute Gasteiger partial charge is 0.326 e. The van der Waals surface area contributed by atoms with Crippen LogP contribution in [0.25, 0.3) is 0 Å². The van der Waals surface area contributed by atoms with E-state index in [4.69, 9.17) is 11.5 Å². The summed E-state index contributed by atoms with van der Waals surface area (Å²) in [6.07, 6.45) is 5.15. The number of carbonyl (C=O) groups is 4. The zero-order valence-corrected chi connectivity index (χ0v) is 19.6. The van der Waals surface area contributed by atoms with E-state index < -0.39 is 47.9 Å². The van der Waals surface area contributed by atoms with Crippen molar-refractivity contribution in [2.75, 3.05) is 30.9 Å². The minimum absolute atomic E-state index is 0.00914. The Balaban J connectivity index is 2.78. The van der Waals surface area contributed by atoms with Gasteiger partial charge in [0.1, 0.15) is 18.1 Å². The van der Waals surface area contributed by atoms with Crippen LogP contribution in [0, 0.1) is 0 Å². The van der Waals surface area contributed by atoms with E-state index in [-0.39, 0.29) is 5.75 Å². The molecule has 4 unspecified atom stereocenters. The van der Waals surface area contributed by atoms with E-state index >= 15 is 0 Å². The van der Waals surface area contributed by atoms with E-state index in [0.717, 1.165) is 6.42 Å². The molecule has 0 aromatic carbocycles. The average molecular weight is 478 g/mol. The third-order valence-electron chi connectivity index (χ3n) is 5.17. The molecule has 4 atom stereocenters. The fourth-order valence-electron chi connectivity index (χ4n) is 3.37. The van der Waals surface area contributed by atoms with E-state index in [0.29, 0.717) is 50.9 Å². The molecule has 0 aliphatic carbocycles. The molecule has 0 spiro atoms. The summed E-state index contributed by atoms with van der Waals surface area (Å²) in [4.78, 5) is 50.8. The van der Waals surface area contributed by atoms with Crippen molar-refractivity contribution >= 4 is 48.1 Å². The fourth-order valence-corrected chi connectivity index (χ4v) is 4.09. The Labute approximate surface area is 193 Å². The topological polar surface area (TPSA) is 168 Å². The van der Waals surface area contributed by atoms with Crippen LogP contribution in [0.4, 0.5) is 0 Å². The van der Waals surface area contributed by atoms with Crippen LogP contribution in [0.5, 0.6) is 0 Å². The molecule has 0 aromatic rings. The molecule has 0 bridgehead atoms. The van der Waals surface area contributed by atoms with E-state index in [9.17, 15) is 24.3 Å². The van der Waals surface area contributed by atoms with Gasteiger partial charge in [-0.05, 0) is 50.7 Å². The predicted octanol–water partition coefficient (Wildman–Crippen LogP) is -0.829. The maximum Gasteiger partial charge on any atom is 0.326 e. The van der Waals surface area contributed by atoms with Gasteiger partial charge in [0.25, 0.3) is 0 Å². The largest absolute Gasteiger partial charge is 0.480 e. The van der Waals surface area contributed by atoms with Crippen molar-refractivity contribution in [2.24, 2.45) is 11.5 Å². The number of likely N-dealkylation sites (tertiary alicyclic amines) is 1. The third-order valence-corrected chi connectivity index (χ3v) is 6.18. The zero-order chi connectivity index (χ0) is 23.4. The first-order valence-corrected chi connectivity index (χ1v) is 12.5. The molecule has 0 radical (unpaired) electrons. The van der Waals surface area contributed by atoms with E-state index in [2.05, 4.69) is 23.3 Å². The highest BCUT2D eigenvalue weighted by molar-refractivity contribution is 7.98. The number of nitrogens with zero attached hydrogens (tertiary/aromatic N) is 1. The summed E-state index contributed by atoms with van der Waals surface area (Å²) in [5.74, 6) is -1.87. The molecular formula is C19H35N5O5S2. The standard InChI is InChI=1S/C19H35N5O5S2/c1-31-10-7-13(22-16(25)12(21)5-2-3-8-20)17(26)23-14(11-30)18(27)24-9-4-6-15(24)19(28)29/h12-15,30H,2-11,20-21H2,1H3,(H,22,25)(H,23,26)(H,28,29). The van der Waals surface area contributed by atoms with Crippen molar-refractivity contribution in [1.29, 1.82) is 0 Å². The van der Waals surface area contributed by atoms with Crippen LogP contribution in [0.1, 0.15) is 38.5 Å². The number of carboxylic acid groups (broad SMARTS) is 1. The molecule has 3 amide bonds. The molecule has 12 heteroatoms. The van der Waals surface area contributed by atoms with Gasteiger partial charge >= 0.3 is 5.97 Å². The van der Waals surface area contributed by atoms with Gasteiger partial charge in [0.05, 0.1) is 6.04 Å². The lowest BCUT2D eigenvalue weighted by molar-refractivity contribution is -0.149. The van der Waals surface area contributed by atoms with Crippen LogP contribution in [-0.2, 0) is 19.2 Å². The van der Waals surface area contributed by atoms with Crippen LogP contribution in [-0.4, -0.2) is 88.7 Å². The number of hydrogen-bond donors (Lipinski definition) is 6. The second-order valence-corrected chi connectivity index (χ2v) is 8.86. The monoisotopic (exact) mass is 477 g/mol. The van der Waals surface area contributed by atoms with Gasteiger partial charge < -0.3 is 32.1 Å². The number of unbranched alkanes of at least 4 members (excludes halogenated alkanes) is 1. The normalized spacial score (nSPS) is 18.8. The molecule has 31 heavy (non-hydrogen) atoms. The van der Waals surface area contributed by atoms with Gasteiger partial charge in [-0.3, -0.25) is 14.4 Å². The number of nitrogens with two attached hydrogens (primary N) is 2. The molecule has 1 aliphatic heterocycles. The quantitative estimate of drug-likeness (QED) is 0.139. The zero-order valence-electron chi connectivity index (χ0n) is 17.9. The Bertz CT molecular complexity index is 624. The van der Waals surface area contributed by atoms with E-state index in [1.165, 1.54) is 16.7 Å². The number of aliphatic carboxylic acids is 1. The summed E-state index contributed by atoms with van der Waals surface area (Å²) in [7, 11) is 0. The fraction of sp³-hybridized carbons (Fsp3) is 0.789. The summed E-state index contributed by atoms with van der Waals surface area (Å²) in [5.41, 5.74) is 11.4. The lowest BCUT2D eigenvalue weighted by Crippen LogP contribution is -2.57. The second-order valence-electron chi connectivity index (χ2n) is 7.51. The van der Waals surface area contributed by atoms with Crippen LogP contribution < -0.4 is 22.1 Å². The predicted molar refractivity (Wildman–Crippen MR) is 124 cm³/mol. The Morgan fingerprint density at radius 2 is 1.84 bits per heavy atom. The highest BCUT2D eigenvalue weighted by Crippen LogP contribution is 2.19. The number of amides is 3. The van der Waals surface area contributed by atoms with Crippen molar-refractivity contribution in [3.63, 3.8) is 0 Å². The van der Waals surface area contributed by atoms with Gasteiger partial charge in [-0.15, -0.1) is 0 Å². The van der Waals surface area contributed by atoms with E-state index in [1.807, 2.05) is 6.26 Å². The molecule has 1 rings (SSSR count). The van der Waals surface area contributed by atoms with Crippen molar-refractivity contribution in [3.05, 3.63) is 0 Å². The molecule has 1 heterocycles. The highest BCUT2D eigenvalue weighted by Gasteiger charge is 2.38. The van der Waals surface area contributed by atoms with E-state index in [1.54, 1.807) is 0 Å². The van der Waals surface area contributed by atoms with Crippen LogP contribution >= 0.6 is 24.4 Å². The van der Waals surface area contributed by atoms with Gasteiger partial charge in [-0.25, -0.2) is 4.79 Å². The maximum absolute atomic E-state index is 12.9. The van der Waals surface area contributed by atoms with Crippen molar-refractivity contribution in [1.82, 2.24) is 15.5 Å². The number of rotatable bonds is 14. The minimum Gasteiger partial charge on any atom is -0.480 e. The summed E-state index contributed by atoms with van der Waals surface area (Å²) >= 11 is 5.68. The summed E-state index contributed by atoms with van der Waals surface area (Å²) in [6.45, 7) is 0.840. The van der Waals surface area contributed by atoms with Crippen LogP contribution in [0.15, 0.2) is 0 Å². The maximum atomic E-state index is 12.9. The first-order chi connectivity index (χ1) is 14.8. The SMILES string of the molecule is CSCCC(NC(=O)C(N)CCCCN)C(=O)NC(CS)C(=O)N1CCCC1C(=O)O. The van der Waals surface area contributed by atoms with Crippen molar-refractivity contribution in [3.8, 4) is 0 Å². The molecule has 1 fully saturated rings. The summed E-state index contributed by atoms with van der Waals surface area (Å²) in [5, 5.41) is 14.6. The Hall–Kier alpha value is -1.50. The van der Waals surface area contributed by atoms with Crippen molar-refractivity contribution in [2.45, 2.75) is 62.7 Å². The molecule has 0 saturated carbocycles. The second kappa shape index (κ2) is 14.5. The third kappa shape index (κ3) is 8.87. The Morgan fingerprint density at radius 1 is 1.16 bits per heavy atom. The van der Waals surface area contributed by atoms with Gasteiger partial charge in [0, 0.05) is 12.3 Å². The van der Waals surface area contributed by atoms with Gasteiger partial charge in [-0.2, -0.15) is 24.4 Å². The van der Waals surface area contributed by atoms with Gasteiger partial charge in [0.2, 0.25) is 17.7 Å².